The molecule has 0 aromatic heterocycles. The summed E-state index contributed by atoms with van der Waals surface area (Å²) in [5, 5.41) is 10.5. The highest BCUT2D eigenvalue weighted by atomic mass is 16.3. The molecule has 1 atom stereocenters. The van der Waals surface area contributed by atoms with Gasteiger partial charge in [-0.05, 0) is 43.2 Å². The second-order valence-electron chi connectivity index (χ2n) is 5.10. The van der Waals surface area contributed by atoms with Gasteiger partial charge < -0.3 is 5.11 Å². The molecule has 2 aliphatic carbocycles. The first-order valence-corrected chi connectivity index (χ1v) is 6.25. The Labute approximate surface area is 96.8 Å². The molecule has 0 saturated heterocycles. The summed E-state index contributed by atoms with van der Waals surface area (Å²) in [5.74, 6) is 0. The van der Waals surface area contributed by atoms with E-state index in [0.29, 0.717) is 0 Å². The van der Waals surface area contributed by atoms with E-state index in [2.05, 4.69) is 30.3 Å². The van der Waals surface area contributed by atoms with Crippen LogP contribution < -0.4 is 0 Å². The molecule has 1 fully saturated rings. The Hall–Kier alpha value is -1.08. The molecule has 3 rings (SSSR count). The molecule has 0 amide bonds. The molecule has 0 spiro atoms. The molecule has 1 N–H and O–H groups in total. The lowest BCUT2D eigenvalue weighted by Gasteiger charge is -2.24. The standard InChI is InChI=1S/C15H18O/c16-14(12-6-4-5-7-12)15(10-11-15)13-8-2-1-3-9-13/h1-3,6,8-9,14,16H,4-5,7,10-11H2. The number of benzene rings is 1. The third kappa shape index (κ3) is 1.51. The lowest BCUT2D eigenvalue weighted by molar-refractivity contribution is 0.164. The van der Waals surface area contributed by atoms with Crippen molar-refractivity contribution in [3.8, 4) is 0 Å². The maximum atomic E-state index is 10.5. The van der Waals surface area contributed by atoms with Gasteiger partial charge in [0.1, 0.15) is 0 Å². The average Bonchev–Trinajstić information content (AvgIpc) is 2.97. The molecule has 16 heavy (non-hydrogen) atoms. The molecule has 1 heteroatoms. The second kappa shape index (κ2) is 3.74. The summed E-state index contributed by atoms with van der Waals surface area (Å²) in [6.45, 7) is 0. The van der Waals surface area contributed by atoms with Gasteiger partial charge in [-0.3, -0.25) is 0 Å². The minimum atomic E-state index is -0.239. The van der Waals surface area contributed by atoms with Crippen molar-refractivity contribution in [1.82, 2.24) is 0 Å². The highest BCUT2D eigenvalue weighted by molar-refractivity contribution is 5.37. The quantitative estimate of drug-likeness (QED) is 0.766. The van der Waals surface area contributed by atoms with Crippen molar-refractivity contribution >= 4 is 0 Å². The molecular weight excluding hydrogens is 196 g/mol. The van der Waals surface area contributed by atoms with Crippen molar-refractivity contribution < 1.29 is 5.11 Å². The van der Waals surface area contributed by atoms with Crippen molar-refractivity contribution in [1.29, 1.82) is 0 Å². The van der Waals surface area contributed by atoms with Crippen LogP contribution in [0.25, 0.3) is 0 Å². The first-order chi connectivity index (χ1) is 7.83. The third-order valence-corrected chi connectivity index (χ3v) is 4.09. The monoisotopic (exact) mass is 214 g/mol. The summed E-state index contributed by atoms with van der Waals surface area (Å²) in [6.07, 6.45) is 7.74. The molecule has 1 aromatic carbocycles. The fourth-order valence-electron chi connectivity index (χ4n) is 2.92. The van der Waals surface area contributed by atoms with Gasteiger partial charge in [-0.15, -0.1) is 0 Å². The van der Waals surface area contributed by atoms with Gasteiger partial charge in [-0.1, -0.05) is 36.4 Å². The van der Waals surface area contributed by atoms with E-state index in [0.717, 1.165) is 25.7 Å². The van der Waals surface area contributed by atoms with Crippen molar-refractivity contribution in [3.63, 3.8) is 0 Å². The fourth-order valence-corrected chi connectivity index (χ4v) is 2.92. The molecular formula is C15H18O. The molecule has 0 radical (unpaired) electrons. The SMILES string of the molecule is OC(C1=CCCC1)C1(c2ccccc2)CC1. The van der Waals surface area contributed by atoms with Gasteiger partial charge in [0.05, 0.1) is 6.10 Å². The van der Waals surface area contributed by atoms with Gasteiger partial charge in [0.2, 0.25) is 0 Å². The number of hydrogen-bond acceptors (Lipinski definition) is 1. The van der Waals surface area contributed by atoms with Crippen LogP contribution in [0.3, 0.4) is 0 Å². The van der Waals surface area contributed by atoms with Crippen LogP contribution in [0.15, 0.2) is 42.0 Å². The maximum absolute atomic E-state index is 10.5. The average molecular weight is 214 g/mol. The second-order valence-corrected chi connectivity index (χ2v) is 5.10. The van der Waals surface area contributed by atoms with Gasteiger partial charge in [-0.2, -0.15) is 0 Å². The van der Waals surface area contributed by atoms with E-state index in [1.54, 1.807) is 0 Å². The van der Waals surface area contributed by atoms with Gasteiger partial charge in [0.15, 0.2) is 0 Å². The Bertz CT molecular complexity index is 401. The van der Waals surface area contributed by atoms with E-state index in [-0.39, 0.29) is 11.5 Å². The van der Waals surface area contributed by atoms with Crippen LogP contribution in [0.4, 0.5) is 0 Å². The van der Waals surface area contributed by atoms with Crippen molar-refractivity contribution in [2.75, 3.05) is 0 Å². The Balaban J connectivity index is 1.88. The lowest BCUT2D eigenvalue weighted by atomic mass is 9.85. The minimum absolute atomic E-state index is 0.0530. The van der Waals surface area contributed by atoms with Crippen LogP contribution >= 0.6 is 0 Å². The van der Waals surface area contributed by atoms with Crippen LogP contribution in [0.2, 0.25) is 0 Å². The third-order valence-electron chi connectivity index (χ3n) is 4.09. The fraction of sp³-hybridized carbons (Fsp3) is 0.467. The number of hydrogen-bond donors (Lipinski definition) is 1. The van der Waals surface area contributed by atoms with E-state index in [4.69, 9.17) is 0 Å². The highest BCUT2D eigenvalue weighted by Crippen LogP contribution is 2.53. The highest BCUT2D eigenvalue weighted by Gasteiger charge is 2.51. The molecule has 0 aliphatic heterocycles. The Morgan fingerprint density at radius 2 is 1.88 bits per heavy atom. The number of aliphatic hydroxyl groups excluding tert-OH is 1. The maximum Gasteiger partial charge on any atom is 0.0846 e. The zero-order valence-corrected chi connectivity index (χ0v) is 9.52. The minimum Gasteiger partial charge on any atom is -0.388 e. The van der Waals surface area contributed by atoms with Crippen molar-refractivity contribution in [2.24, 2.45) is 0 Å². The number of rotatable bonds is 3. The van der Waals surface area contributed by atoms with Crippen molar-refractivity contribution in [2.45, 2.75) is 43.6 Å². The Morgan fingerprint density at radius 3 is 2.44 bits per heavy atom. The summed E-state index contributed by atoms with van der Waals surface area (Å²) in [5.41, 5.74) is 2.65. The molecule has 1 saturated carbocycles. The van der Waals surface area contributed by atoms with E-state index >= 15 is 0 Å². The topological polar surface area (TPSA) is 20.2 Å². The Morgan fingerprint density at radius 1 is 1.12 bits per heavy atom. The normalized spacial score (nSPS) is 23.9. The zero-order chi connectivity index (χ0) is 11.0. The van der Waals surface area contributed by atoms with E-state index in [1.807, 2.05) is 6.07 Å². The van der Waals surface area contributed by atoms with Crippen LogP contribution in [0.5, 0.6) is 0 Å². The molecule has 1 nitrogen and oxygen atoms in total. The first kappa shape index (κ1) is 10.1. The van der Waals surface area contributed by atoms with E-state index in [1.165, 1.54) is 17.6 Å². The van der Waals surface area contributed by atoms with E-state index < -0.39 is 0 Å². The van der Waals surface area contributed by atoms with Crippen LogP contribution in [0, 0.1) is 0 Å². The van der Waals surface area contributed by atoms with Crippen molar-refractivity contribution in [3.05, 3.63) is 47.5 Å². The summed E-state index contributed by atoms with van der Waals surface area (Å²) in [6, 6.07) is 10.5. The van der Waals surface area contributed by atoms with Gasteiger partial charge in [-0.25, -0.2) is 0 Å². The van der Waals surface area contributed by atoms with Crippen LogP contribution in [-0.2, 0) is 5.41 Å². The van der Waals surface area contributed by atoms with Gasteiger partial charge in [0, 0.05) is 5.41 Å². The lowest BCUT2D eigenvalue weighted by Crippen LogP contribution is -2.27. The summed E-state index contributed by atoms with van der Waals surface area (Å²) in [4.78, 5) is 0. The van der Waals surface area contributed by atoms with Gasteiger partial charge in [0.25, 0.3) is 0 Å². The largest absolute Gasteiger partial charge is 0.388 e. The summed E-state index contributed by atoms with van der Waals surface area (Å²) < 4.78 is 0. The smallest absolute Gasteiger partial charge is 0.0846 e. The molecule has 1 aromatic rings. The number of allylic oxidation sites excluding steroid dienone is 1. The molecule has 0 heterocycles. The first-order valence-electron chi connectivity index (χ1n) is 6.25. The summed E-state index contributed by atoms with van der Waals surface area (Å²) in [7, 11) is 0. The predicted molar refractivity (Wildman–Crippen MR) is 65.3 cm³/mol. The van der Waals surface area contributed by atoms with Gasteiger partial charge >= 0.3 is 0 Å². The molecule has 1 unspecified atom stereocenters. The Kier molecular flexibility index (Phi) is 2.36. The molecule has 84 valence electrons. The number of aliphatic hydroxyl groups is 1. The molecule has 2 aliphatic rings. The predicted octanol–water partition coefficient (Wildman–Crippen LogP) is 3.19. The zero-order valence-electron chi connectivity index (χ0n) is 9.52. The van der Waals surface area contributed by atoms with Crippen LogP contribution in [-0.4, -0.2) is 11.2 Å². The summed E-state index contributed by atoms with van der Waals surface area (Å²) >= 11 is 0. The van der Waals surface area contributed by atoms with Crippen LogP contribution in [0.1, 0.15) is 37.7 Å². The molecule has 0 bridgehead atoms. The van der Waals surface area contributed by atoms with E-state index in [9.17, 15) is 5.11 Å².